The second-order valence-electron chi connectivity index (χ2n) is 5.57. The summed E-state index contributed by atoms with van der Waals surface area (Å²) in [5.74, 6) is 0.00326. The van der Waals surface area contributed by atoms with Crippen LogP contribution in [0.2, 0.25) is 0 Å². The first-order valence-electron chi connectivity index (χ1n) is 7.23. The number of pyridine rings is 1. The summed E-state index contributed by atoms with van der Waals surface area (Å²) in [6.07, 6.45) is 0.0526. The van der Waals surface area contributed by atoms with E-state index in [1.807, 2.05) is 20.8 Å². The maximum absolute atomic E-state index is 11.4. The molecule has 1 heterocycles. The van der Waals surface area contributed by atoms with E-state index in [0.29, 0.717) is 16.5 Å². The maximum Gasteiger partial charge on any atom is 1.00 e. The molecule has 0 saturated heterocycles. The third kappa shape index (κ3) is 3.80. The van der Waals surface area contributed by atoms with Gasteiger partial charge in [-0.15, -0.1) is 0 Å². The standard InChI is InChI=1S/C16H22N2O3.ClH/c1-4-12(17-9(2)3)16(21)11-5-7-13(19)15-10(11)6-8-14(20)18-15;/h5-9,12,16-17,19,21H,4H2,1-3H3,(H,18,20);1H/t12-,16+;/m0./s1. The molecule has 0 unspecified atom stereocenters. The predicted octanol–water partition coefficient (Wildman–Crippen LogP) is -0.840. The molecule has 2 aromatic rings. The Morgan fingerprint density at radius 2 is 1.95 bits per heavy atom. The molecule has 4 N–H and O–H groups in total. The summed E-state index contributed by atoms with van der Waals surface area (Å²) in [6, 6.07) is 6.39. The lowest BCUT2D eigenvalue weighted by Crippen LogP contribution is -3.00. The average molecular weight is 327 g/mol. The normalized spacial score (nSPS) is 13.9. The van der Waals surface area contributed by atoms with Crippen LogP contribution in [0, 0.1) is 0 Å². The molecule has 0 bridgehead atoms. The number of hydrogen-bond donors (Lipinski definition) is 4. The largest absolute Gasteiger partial charge is 1.00 e. The van der Waals surface area contributed by atoms with E-state index in [-0.39, 0.29) is 37.2 Å². The molecule has 0 radical (unpaired) electrons. The minimum absolute atomic E-state index is 0. The Bertz CT molecular complexity index is 691. The van der Waals surface area contributed by atoms with Gasteiger partial charge in [0.1, 0.15) is 5.75 Å². The van der Waals surface area contributed by atoms with Crippen molar-refractivity contribution in [2.75, 3.05) is 0 Å². The van der Waals surface area contributed by atoms with E-state index in [9.17, 15) is 15.0 Å². The number of hydrogen-bond acceptors (Lipinski definition) is 4. The van der Waals surface area contributed by atoms with E-state index in [4.69, 9.17) is 0 Å². The van der Waals surface area contributed by atoms with E-state index in [1.54, 1.807) is 12.1 Å². The number of aliphatic hydroxyl groups is 1. The molecule has 6 heteroatoms. The highest BCUT2D eigenvalue weighted by Crippen LogP contribution is 2.30. The molecule has 122 valence electrons. The fourth-order valence-electron chi connectivity index (χ4n) is 2.59. The predicted molar refractivity (Wildman–Crippen MR) is 84.7 cm³/mol. The van der Waals surface area contributed by atoms with Crippen LogP contribution in [0.25, 0.3) is 10.9 Å². The second-order valence-corrected chi connectivity index (χ2v) is 5.57. The van der Waals surface area contributed by atoms with Crippen molar-refractivity contribution in [3.05, 3.63) is 40.2 Å². The number of phenolic OH excluding ortho intramolecular Hbond substituents is 1. The number of H-pyrrole nitrogens is 1. The molecule has 0 saturated carbocycles. The van der Waals surface area contributed by atoms with E-state index < -0.39 is 6.10 Å². The van der Waals surface area contributed by atoms with Gasteiger partial charge in [-0.25, -0.2) is 0 Å². The van der Waals surface area contributed by atoms with Crippen LogP contribution in [0.4, 0.5) is 0 Å². The quantitative estimate of drug-likeness (QED) is 0.577. The van der Waals surface area contributed by atoms with Crippen molar-refractivity contribution in [3.63, 3.8) is 0 Å². The van der Waals surface area contributed by atoms with Gasteiger partial charge in [0.2, 0.25) is 5.56 Å². The molecule has 0 aliphatic carbocycles. The summed E-state index contributed by atoms with van der Waals surface area (Å²) in [5.41, 5.74) is 0.772. The minimum Gasteiger partial charge on any atom is -1.00 e. The smallest absolute Gasteiger partial charge is 1.00 e. The number of aromatic amines is 1. The monoisotopic (exact) mass is 326 g/mol. The number of benzene rings is 1. The van der Waals surface area contributed by atoms with Gasteiger partial charge < -0.3 is 32.9 Å². The van der Waals surface area contributed by atoms with Crippen LogP contribution in [0.1, 0.15) is 40.3 Å². The molecular weight excluding hydrogens is 304 g/mol. The van der Waals surface area contributed by atoms with Crippen molar-refractivity contribution in [3.8, 4) is 5.75 Å². The number of fused-ring (bicyclic) bond motifs is 1. The Morgan fingerprint density at radius 1 is 1.27 bits per heavy atom. The number of aromatic nitrogens is 1. The number of halogens is 1. The van der Waals surface area contributed by atoms with Gasteiger partial charge in [0, 0.05) is 23.5 Å². The highest BCUT2D eigenvalue weighted by Gasteiger charge is 2.22. The van der Waals surface area contributed by atoms with Crippen LogP contribution in [-0.2, 0) is 0 Å². The molecule has 22 heavy (non-hydrogen) atoms. The van der Waals surface area contributed by atoms with Crippen LogP contribution in [0.15, 0.2) is 29.1 Å². The second kappa shape index (κ2) is 7.63. The van der Waals surface area contributed by atoms with Gasteiger partial charge in [0.15, 0.2) is 0 Å². The molecule has 0 aliphatic rings. The summed E-state index contributed by atoms with van der Waals surface area (Å²) in [5, 5.41) is 24.5. The molecule has 2 atom stereocenters. The first-order valence-corrected chi connectivity index (χ1v) is 7.23. The zero-order chi connectivity index (χ0) is 15.6. The third-order valence-corrected chi connectivity index (χ3v) is 3.59. The van der Waals surface area contributed by atoms with Gasteiger partial charge in [0.25, 0.3) is 0 Å². The molecule has 0 spiro atoms. The SMILES string of the molecule is CC[C@H](NC(C)C)[C@H](O)c1ccc(O)c2[nH]c(=O)ccc12.[Cl-].[H+]. The molecular formula is C16H23ClN2O3. The summed E-state index contributed by atoms with van der Waals surface area (Å²) in [4.78, 5) is 14.0. The Kier molecular flexibility index (Phi) is 6.41. The molecule has 0 amide bonds. The lowest BCUT2D eigenvalue weighted by atomic mass is 9.95. The molecule has 2 rings (SSSR count). The minimum atomic E-state index is -0.716. The van der Waals surface area contributed by atoms with E-state index >= 15 is 0 Å². The van der Waals surface area contributed by atoms with Crippen LogP contribution in [0.3, 0.4) is 0 Å². The summed E-state index contributed by atoms with van der Waals surface area (Å²) in [6.45, 7) is 6.07. The van der Waals surface area contributed by atoms with E-state index in [2.05, 4.69) is 10.3 Å². The third-order valence-electron chi connectivity index (χ3n) is 3.59. The van der Waals surface area contributed by atoms with Crippen molar-refractivity contribution in [2.24, 2.45) is 0 Å². The highest BCUT2D eigenvalue weighted by molar-refractivity contribution is 5.87. The van der Waals surface area contributed by atoms with Crippen LogP contribution in [-0.4, -0.2) is 27.3 Å². The van der Waals surface area contributed by atoms with E-state index in [0.717, 1.165) is 6.42 Å². The molecule has 0 fully saturated rings. The maximum atomic E-state index is 11.4. The fourth-order valence-corrected chi connectivity index (χ4v) is 2.59. The molecule has 5 nitrogen and oxygen atoms in total. The number of phenols is 1. The van der Waals surface area contributed by atoms with Gasteiger partial charge >= 0.3 is 1.43 Å². The fraction of sp³-hybridized carbons (Fsp3) is 0.438. The van der Waals surface area contributed by atoms with Crippen molar-refractivity contribution < 1.29 is 24.0 Å². The summed E-state index contributed by atoms with van der Waals surface area (Å²) in [7, 11) is 0. The van der Waals surface area contributed by atoms with Gasteiger partial charge in [-0.1, -0.05) is 26.8 Å². The van der Waals surface area contributed by atoms with Crippen molar-refractivity contribution in [1.29, 1.82) is 0 Å². The number of rotatable bonds is 5. The van der Waals surface area contributed by atoms with Gasteiger partial charge in [-0.2, -0.15) is 0 Å². The lowest BCUT2D eigenvalue weighted by Gasteiger charge is -2.26. The number of aliphatic hydroxyl groups excluding tert-OH is 1. The van der Waals surface area contributed by atoms with Crippen LogP contribution < -0.4 is 23.3 Å². The van der Waals surface area contributed by atoms with Crippen molar-refractivity contribution in [2.45, 2.75) is 45.4 Å². The van der Waals surface area contributed by atoms with Gasteiger partial charge in [0.05, 0.1) is 11.6 Å². The Hall–Kier alpha value is -1.56. The van der Waals surface area contributed by atoms with E-state index in [1.165, 1.54) is 12.1 Å². The molecule has 1 aromatic heterocycles. The Labute approximate surface area is 137 Å². The topological polar surface area (TPSA) is 85.3 Å². The first-order chi connectivity index (χ1) is 9.93. The summed E-state index contributed by atoms with van der Waals surface area (Å²) < 4.78 is 0. The lowest BCUT2D eigenvalue weighted by molar-refractivity contribution is -0.00000717. The first kappa shape index (κ1) is 18.5. The number of nitrogens with one attached hydrogen (secondary N) is 2. The average Bonchev–Trinajstić information content (AvgIpc) is 2.45. The molecule has 1 aromatic carbocycles. The van der Waals surface area contributed by atoms with Gasteiger partial charge in [-0.3, -0.25) is 4.79 Å². The summed E-state index contributed by atoms with van der Waals surface area (Å²) >= 11 is 0. The zero-order valence-corrected chi connectivity index (χ0v) is 13.7. The van der Waals surface area contributed by atoms with Crippen LogP contribution in [0.5, 0.6) is 5.75 Å². The molecule has 0 aliphatic heterocycles. The van der Waals surface area contributed by atoms with Crippen LogP contribution >= 0.6 is 0 Å². The Balaban J connectivity index is 0.00000242. The van der Waals surface area contributed by atoms with Crippen molar-refractivity contribution in [1.82, 2.24) is 10.3 Å². The Morgan fingerprint density at radius 3 is 2.55 bits per heavy atom. The number of aromatic hydroxyl groups is 1. The van der Waals surface area contributed by atoms with Crippen molar-refractivity contribution >= 4 is 10.9 Å². The highest BCUT2D eigenvalue weighted by atomic mass is 35.5. The zero-order valence-electron chi connectivity index (χ0n) is 13.9. The van der Waals surface area contributed by atoms with Gasteiger partial charge in [-0.05, 0) is 24.1 Å².